The summed E-state index contributed by atoms with van der Waals surface area (Å²) in [6, 6.07) is 15.6. The van der Waals surface area contributed by atoms with Gasteiger partial charge in [-0.05, 0) is 37.1 Å². The van der Waals surface area contributed by atoms with Crippen LogP contribution < -0.4 is 15.2 Å². The third-order valence-electron chi connectivity index (χ3n) is 4.48. The minimum atomic E-state index is -0.0725. The summed E-state index contributed by atoms with van der Waals surface area (Å²) in [5.41, 5.74) is 7.51. The summed E-state index contributed by atoms with van der Waals surface area (Å²) >= 11 is 0. The standard InChI is InChI=1S/C20H24N2O3/c1-22(16(10-11-21)14-15-6-3-2-4-7-15)20(23)17-8-5-9-18-19(17)25-13-12-24-18/h2-9,16H,10-14,21H2,1H3/t16-/m1/s1. The molecular formula is C20H24N2O3. The maximum Gasteiger partial charge on any atom is 0.257 e. The third-order valence-corrected chi connectivity index (χ3v) is 4.48. The van der Waals surface area contributed by atoms with E-state index in [4.69, 9.17) is 15.2 Å². The van der Waals surface area contributed by atoms with E-state index >= 15 is 0 Å². The first-order valence-corrected chi connectivity index (χ1v) is 8.60. The minimum Gasteiger partial charge on any atom is -0.486 e. The summed E-state index contributed by atoms with van der Waals surface area (Å²) in [5.74, 6) is 1.09. The van der Waals surface area contributed by atoms with Crippen LogP contribution in [0.5, 0.6) is 11.5 Å². The highest BCUT2D eigenvalue weighted by molar-refractivity contribution is 5.98. The van der Waals surface area contributed by atoms with E-state index in [0.29, 0.717) is 36.8 Å². The number of para-hydroxylation sites is 1. The van der Waals surface area contributed by atoms with Crippen LogP contribution in [0, 0.1) is 0 Å². The molecule has 2 aromatic carbocycles. The molecule has 0 saturated carbocycles. The van der Waals surface area contributed by atoms with Crippen molar-refractivity contribution in [3.8, 4) is 11.5 Å². The van der Waals surface area contributed by atoms with Crippen molar-refractivity contribution >= 4 is 5.91 Å². The zero-order chi connectivity index (χ0) is 17.6. The van der Waals surface area contributed by atoms with Crippen LogP contribution in [-0.2, 0) is 6.42 Å². The molecule has 0 aromatic heterocycles. The summed E-state index contributed by atoms with van der Waals surface area (Å²) in [5, 5.41) is 0. The summed E-state index contributed by atoms with van der Waals surface area (Å²) < 4.78 is 11.3. The number of carbonyl (C=O) groups excluding carboxylic acids is 1. The SMILES string of the molecule is CN(C(=O)c1cccc2c1OCCO2)[C@H](CCN)Cc1ccccc1. The molecule has 1 atom stereocenters. The summed E-state index contributed by atoms with van der Waals surface area (Å²) in [6.07, 6.45) is 1.51. The third kappa shape index (κ3) is 3.94. The molecule has 1 aliphatic heterocycles. The second-order valence-electron chi connectivity index (χ2n) is 6.17. The summed E-state index contributed by atoms with van der Waals surface area (Å²) in [4.78, 5) is 14.8. The molecule has 132 valence electrons. The Hall–Kier alpha value is -2.53. The van der Waals surface area contributed by atoms with Gasteiger partial charge in [0.05, 0.1) is 5.56 Å². The number of hydrogen-bond donors (Lipinski definition) is 1. The fourth-order valence-electron chi connectivity index (χ4n) is 3.11. The molecule has 0 radical (unpaired) electrons. The topological polar surface area (TPSA) is 64.8 Å². The van der Waals surface area contributed by atoms with Gasteiger partial charge in [0.25, 0.3) is 5.91 Å². The Morgan fingerprint density at radius 2 is 1.88 bits per heavy atom. The highest BCUT2D eigenvalue weighted by Gasteiger charge is 2.26. The first kappa shape index (κ1) is 17.3. The maximum atomic E-state index is 13.1. The van der Waals surface area contributed by atoms with E-state index in [-0.39, 0.29) is 11.9 Å². The number of nitrogens with two attached hydrogens (primary N) is 1. The number of benzene rings is 2. The first-order valence-electron chi connectivity index (χ1n) is 8.60. The molecule has 1 heterocycles. The maximum absolute atomic E-state index is 13.1. The predicted molar refractivity (Wildman–Crippen MR) is 97.1 cm³/mol. The van der Waals surface area contributed by atoms with Crippen molar-refractivity contribution in [2.75, 3.05) is 26.8 Å². The van der Waals surface area contributed by atoms with Gasteiger partial charge in [0.2, 0.25) is 0 Å². The molecular weight excluding hydrogens is 316 g/mol. The normalized spacial score (nSPS) is 14.0. The number of rotatable bonds is 6. The number of hydrogen-bond acceptors (Lipinski definition) is 4. The van der Waals surface area contributed by atoms with Gasteiger partial charge >= 0.3 is 0 Å². The van der Waals surface area contributed by atoms with Crippen LogP contribution in [0.25, 0.3) is 0 Å². The summed E-state index contributed by atoms with van der Waals surface area (Å²) in [6.45, 7) is 1.49. The molecule has 0 unspecified atom stereocenters. The van der Waals surface area contributed by atoms with Crippen LogP contribution in [-0.4, -0.2) is 43.7 Å². The molecule has 1 amide bonds. The van der Waals surface area contributed by atoms with Gasteiger partial charge in [-0.25, -0.2) is 0 Å². The lowest BCUT2D eigenvalue weighted by molar-refractivity contribution is 0.0715. The second kappa shape index (κ2) is 8.03. The van der Waals surface area contributed by atoms with Gasteiger partial charge in [0, 0.05) is 13.1 Å². The Labute approximate surface area is 148 Å². The monoisotopic (exact) mass is 340 g/mol. The predicted octanol–water partition coefficient (Wildman–Crippen LogP) is 2.49. The van der Waals surface area contributed by atoms with Gasteiger partial charge in [-0.1, -0.05) is 36.4 Å². The Bertz CT molecular complexity index is 718. The largest absolute Gasteiger partial charge is 0.486 e. The lowest BCUT2D eigenvalue weighted by Crippen LogP contribution is -2.40. The van der Waals surface area contributed by atoms with Crippen LogP contribution in [0.3, 0.4) is 0 Å². The van der Waals surface area contributed by atoms with E-state index in [2.05, 4.69) is 12.1 Å². The number of nitrogens with zero attached hydrogens (tertiary/aromatic N) is 1. The zero-order valence-corrected chi connectivity index (χ0v) is 14.5. The average Bonchev–Trinajstić information content (AvgIpc) is 2.67. The number of likely N-dealkylation sites (N-methyl/N-ethyl adjacent to an activating group) is 1. The van der Waals surface area contributed by atoms with E-state index < -0.39 is 0 Å². The number of ether oxygens (including phenoxy) is 2. The number of carbonyl (C=O) groups is 1. The lowest BCUT2D eigenvalue weighted by Gasteiger charge is -2.29. The van der Waals surface area contributed by atoms with Crippen molar-refractivity contribution in [1.29, 1.82) is 0 Å². The van der Waals surface area contributed by atoms with Gasteiger partial charge in [0.15, 0.2) is 11.5 Å². The zero-order valence-electron chi connectivity index (χ0n) is 14.5. The van der Waals surface area contributed by atoms with E-state index in [0.717, 1.165) is 12.8 Å². The van der Waals surface area contributed by atoms with Gasteiger partial charge in [-0.2, -0.15) is 0 Å². The van der Waals surface area contributed by atoms with Crippen molar-refractivity contribution in [3.05, 3.63) is 59.7 Å². The second-order valence-corrected chi connectivity index (χ2v) is 6.17. The van der Waals surface area contributed by atoms with Gasteiger partial charge in [-0.15, -0.1) is 0 Å². The van der Waals surface area contributed by atoms with Crippen LogP contribution in [0.4, 0.5) is 0 Å². The van der Waals surface area contributed by atoms with E-state index in [9.17, 15) is 4.79 Å². The molecule has 2 aromatic rings. The van der Waals surface area contributed by atoms with E-state index in [1.54, 1.807) is 11.0 Å². The summed E-state index contributed by atoms with van der Waals surface area (Å²) in [7, 11) is 1.83. The molecule has 5 heteroatoms. The molecule has 0 aliphatic carbocycles. The van der Waals surface area contributed by atoms with Crippen molar-refractivity contribution in [2.45, 2.75) is 18.9 Å². The van der Waals surface area contributed by atoms with Gasteiger partial charge in [0.1, 0.15) is 13.2 Å². The van der Waals surface area contributed by atoms with Crippen molar-refractivity contribution < 1.29 is 14.3 Å². The van der Waals surface area contributed by atoms with E-state index in [1.165, 1.54) is 5.56 Å². The average molecular weight is 340 g/mol. The Kier molecular flexibility index (Phi) is 5.56. The molecule has 0 fully saturated rings. The molecule has 25 heavy (non-hydrogen) atoms. The fraction of sp³-hybridized carbons (Fsp3) is 0.350. The van der Waals surface area contributed by atoms with E-state index in [1.807, 2.05) is 37.4 Å². The highest BCUT2D eigenvalue weighted by atomic mass is 16.6. The van der Waals surface area contributed by atoms with Crippen molar-refractivity contribution in [1.82, 2.24) is 4.90 Å². The first-order chi connectivity index (χ1) is 12.2. The minimum absolute atomic E-state index is 0.0280. The molecule has 0 saturated heterocycles. The smallest absolute Gasteiger partial charge is 0.257 e. The molecule has 0 spiro atoms. The van der Waals surface area contributed by atoms with Gasteiger partial charge in [-0.3, -0.25) is 4.79 Å². The molecule has 0 bridgehead atoms. The van der Waals surface area contributed by atoms with Crippen LogP contribution >= 0.6 is 0 Å². The number of fused-ring (bicyclic) bond motifs is 1. The van der Waals surface area contributed by atoms with Crippen LogP contribution in [0.15, 0.2) is 48.5 Å². The quantitative estimate of drug-likeness (QED) is 0.877. The molecule has 1 aliphatic rings. The fourth-order valence-corrected chi connectivity index (χ4v) is 3.11. The molecule has 3 rings (SSSR count). The highest BCUT2D eigenvalue weighted by Crippen LogP contribution is 2.34. The Balaban J connectivity index is 1.82. The molecule has 2 N–H and O–H groups in total. The lowest BCUT2D eigenvalue weighted by atomic mass is 10.0. The van der Waals surface area contributed by atoms with Crippen LogP contribution in [0.2, 0.25) is 0 Å². The Morgan fingerprint density at radius 1 is 1.12 bits per heavy atom. The van der Waals surface area contributed by atoms with Crippen molar-refractivity contribution in [3.63, 3.8) is 0 Å². The number of amides is 1. The Morgan fingerprint density at radius 3 is 2.64 bits per heavy atom. The van der Waals surface area contributed by atoms with Crippen LogP contribution in [0.1, 0.15) is 22.3 Å². The van der Waals surface area contributed by atoms with Crippen molar-refractivity contribution in [2.24, 2.45) is 5.73 Å². The van der Waals surface area contributed by atoms with Gasteiger partial charge < -0.3 is 20.1 Å². The molecule has 5 nitrogen and oxygen atoms in total.